The quantitative estimate of drug-likeness (QED) is 0.460. The average Bonchev–Trinajstić information content (AvgIpc) is 2.26. The maximum Gasteiger partial charge on any atom is 0.266 e. The smallest absolute Gasteiger partial charge is 0.266 e. The molecule has 1 fully saturated rings. The zero-order chi connectivity index (χ0) is 10.3. The van der Waals surface area contributed by atoms with Gasteiger partial charge in [0.05, 0.1) is 6.54 Å². The molecule has 2 nitrogen and oxygen atoms in total. The van der Waals surface area contributed by atoms with E-state index in [4.69, 9.17) is 5.41 Å². The van der Waals surface area contributed by atoms with E-state index in [1.165, 1.54) is 4.90 Å². The van der Waals surface area contributed by atoms with Crippen molar-refractivity contribution in [1.29, 1.82) is 5.41 Å². The van der Waals surface area contributed by atoms with E-state index in [1.54, 1.807) is 0 Å². The first-order valence-corrected chi connectivity index (χ1v) is 4.44. The molecule has 1 aliphatic heterocycles. The van der Waals surface area contributed by atoms with Crippen LogP contribution in [0.1, 0.15) is 27.2 Å². The number of hydrogen-bond acceptors (Lipinski definition) is 1. The molecular weight excluding hydrogens is 174 g/mol. The van der Waals surface area contributed by atoms with Gasteiger partial charge in [0.15, 0.2) is 0 Å². The number of amidine groups is 1. The van der Waals surface area contributed by atoms with Crippen LogP contribution in [0.3, 0.4) is 0 Å². The summed E-state index contributed by atoms with van der Waals surface area (Å²) in [4.78, 5) is 1.47. The Labute approximate surface area is 77.4 Å². The highest BCUT2D eigenvalue weighted by atomic mass is 19.3. The van der Waals surface area contributed by atoms with Crippen molar-refractivity contribution in [3.8, 4) is 0 Å². The lowest BCUT2D eigenvalue weighted by Gasteiger charge is -2.28. The van der Waals surface area contributed by atoms with Gasteiger partial charge in [0.25, 0.3) is 5.92 Å². The summed E-state index contributed by atoms with van der Waals surface area (Å²) in [7, 11) is 0. The van der Waals surface area contributed by atoms with Gasteiger partial charge < -0.3 is 4.90 Å². The second kappa shape index (κ2) is 2.93. The summed E-state index contributed by atoms with van der Waals surface area (Å²) in [6.07, 6.45) is -0.120. The molecule has 0 aromatic heterocycles. The standard InChI is InChI=1S/C9H16F2N2/c1-8(2,3)7(12)13-5-4-9(10,11)6-13/h12H,4-6H2,1-3H3. The van der Waals surface area contributed by atoms with Crippen molar-refractivity contribution in [2.45, 2.75) is 33.1 Å². The monoisotopic (exact) mass is 190 g/mol. The molecule has 0 saturated carbocycles. The van der Waals surface area contributed by atoms with Gasteiger partial charge in [-0.1, -0.05) is 20.8 Å². The van der Waals surface area contributed by atoms with E-state index < -0.39 is 5.92 Å². The fourth-order valence-corrected chi connectivity index (χ4v) is 1.40. The highest BCUT2D eigenvalue weighted by Crippen LogP contribution is 2.30. The van der Waals surface area contributed by atoms with Gasteiger partial charge in [-0.3, -0.25) is 5.41 Å². The lowest BCUT2D eigenvalue weighted by molar-refractivity contribution is 0.0170. The van der Waals surface area contributed by atoms with Crippen LogP contribution >= 0.6 is 0 Å². The van der Waals surface area contributed by atoms with Gasteiger partial charge in [-0.25, -0.2) is 8.78 Å². The molecule has 0 bridgehead atoms. The Morgan fingerprint density at radius 3 is 2.23 bits per heavy atom. The summed E-state index contributed by atoms with van der Waals surface area (Å²) in [6.45, 7) is 5.62. The molecule has 1 N–H and O–H groups in total. The minimum atomic E-state index is -2.60. The van der Waals surface area contributed by atoms with Gasteiger partial charge >= 0.3 is 0 Å². The Hall–Kier alpha value is -0.670. The van der Waals surface area contributed by atoms with Crippen LogP contribution in [0.25, 0.3) is 0 Å². The fraction of sp³-hybridized carbons (Fsp3) is 0.889. The minimum absolute atomic E-state index is 0.120. The lowest BCUT2D eigenvalue weighted by atomic mass is 9.94. The molecule has 1 aliphatic rings. The van der Waals surface area contributed by atoms with Crippen LogP contribution in [-0.4, -0.2) is 29.7 Å². The molecule has 0 radical (unpaired) electrons. The van der Waals surface area contributed by atoms with Crippen molar-refractivity contribution in [1.82, 2.24) is 4.90 Å². The Kier molecular flexibility index (Phi) is 2.34. The number of hydrogen-bond donors (Lipinski definition) is 1. The van der Waals surface area contributed by atoms with Gasteiger partial charge in [-0.05, 0) is 0 Å². The minimum Gasteiger partial charge on any atom is -0.354 e. The van der Waals surface area contributed by atoms with Crippen LogP contribution in [0.4, 0.5) is 8.78 Å². The lowest BCUT2D eigenvalue weighted by Crippen LogP contribution is -2.38. The highest BCUT2D eigenvalue weighted by Gasteiger charge is 2.41. The Morgan fingerprint density at radius 1 is 1.38 bits per heavy atom. The molecule has 0 aromatic carbocycles. The summed E-state index contributed by atoms with van der Waals surface area (Å²) in [5.74, 6) is -2.29. The predicted molar refractivity (Wildman–Crippen MR) is 48.3 cm³/mol. The molecular formula is C9H16F2N2. The molecule has 4 heteroatoms. The largest absolute Gasteiger partial charge is 0.354 e. The third-order valence-electron chi connectivity index (χ3n) is 2.20. The summed E-state index contributed by atoms with van der Waals surface area (Å²) in [6, 6.07) is 0. The van der Waals surface area contributed by atoms with Gasteiger partial charge in [0, 0.05) is 18.4 Å². The van der Waals surface area contributed by atoms with E-state index >= 15 is 0 Å². The van der Waals surface area contributed by atoms with E-state index in [0.29, 0.717) is 12.4 Å². The first-order valence-electron chi connectivity index (χ1n) is 4.44. The first kappa shape index (κ1) is 10.4. The number of nitrogens with one attached hydrogen (secondary N) is 1. The predicted octanol–water partition coefficient (Wildman–Crippen LogP) is 2.35. The Balaban J connectivity index is 2.62. The van der Waals surface area contributed by atoms with Crippen LogP contribution in [0, 0.1) is 10.8 Å². The molecule has 1 heterocycles. The van der Waals surface area contributed by atoms with Crippen molar-refractivity contribution in [3.63, 3.8) is 0 Å². The van der Waals surface area contributed by atoms with Crippen molar-refractivity contribution >= 4 is 5.84 Å². The van der Waals surface area contributed by atoms with E-state index in [1.807, 2.05) is 20.8 Å². The number of likely N-dealkylation sites (tertiary alicyclic amines) is 1. The summed E-state index contributed by atoms with van der Waals surface area (Å²) >= 11 is 0. The van der Waals surface area contributed by atoms with Crippen LogP contribution in [-0.2, 0) is 0 Å². The average molecular weight is 190 g/mol. The first-order chi connectivity index (χ1) is 5.72. The third-order valence-corrected chi connectivity index (χ3v) is 2.20. The third kappa shape index (κ3) is 2.39. The van der Waals surface area contributed by atoms with Crippen LogP contribution in [0.15, 0.2) is 0 Å². The maximum absolute atomic E-state index is 12.8. The van der Waals surface area contributed by atoms with Gasteiger partial charge in [-0.2, -0.15) is 0 Å². The topological polar surface area (TPSA) is 27.1 Å². The molecule has 1 saturated heterocycles. The molecule has 13 heavy (non-hydrogen) atoms. The summed E-state index contributed by atoms with van der Waals surface area (Å²) in [5.41, 5.74) is -0.333. The number of nitrogens with zero attached hydrogens (tertiary/aromatic N) is 1. The van der Waals surface area contributed by atoms with Crippen LogP contribution in [0.2, 0.25) is 0 Å². The molecule has 76 valence electrons. The molecule has 0 unspecified atom stereocenters. The Bertz CT molecular complexity index is 218. The molecule has 0 amide bonds. The van der Waals surface area contributed by atoms with E-state index in [2.05, 4.69) is 0 Å². The second-order valence-corrected chi connectivity index (χ2v) is 4.63. The zero-order valence-corrected chi connectivity index (χ0v) is 8.32. The number of halogens is 2. The number of rotatable bonds is 0. The highest BCUT2D eigenvalue weighted by molar-refractivity contribution is 5.84. The van der Waals surface area contributed by atoms with Crippen LogP contribution in [0.5, 0.6) is 0 Å². The molecule has 0 aliphatic carbocycles. The van der Waals surface area contributed by atoms with Crippen LogP contribution < -0.4 is 0 Å². The number of alkyl halides is 2. The SMILES string of the molecule is CC(C)(C)C(=N)N1CCC(F)(F)C1. The maximum atomic E-state index is 12.8. The summed E-state index contributed by atoms with van der Waals surface area (Å²) < 4.78 is 25.6. The molecule has 0 spiro atoms. The molecule has 1 rings (SSSR count). The van der Waals surface area contributed by atoms with Gasteiger partial charge in [0.2, 0.25) is 0 Å². The second-order valence-electron chi connectivity index (χ2n) is 4.63. The van der Waals surface area contributed by atoms with Gasteiger partial charge in [0.1, 0.15) is 5.84 Å². The van der Waals surface area contributed by atoms with Crippen molar-refractivity contribution in [2.75, 3.05) is 13.1 Å². The van der Waals surface area contributed by atoms with E-state index in [9.17, 15) is 8.78 Å². The summed E-state index contributed by atoms with van der Waals surface area (Å²) in [5, 5.41) is 7.71. The fourth-order valence-electron chi connectivity index (χ4n) is 1.40. The molecule has 0 aromatic rings. The van der Waals surface area contributed by atoms with Gasteiger partial charge in [-0.15, -0.1) is 0 Å². The van der Waals surface area contributed by atoms with Crippen molar-refractivity contribution in [2.24, 2.45) is 5.41 Å². The normalized spacial score (nSPS) is 22.1. The van der Waals surface area contributed by atoms with E-state index in [0.717, 1.165) is 0 Å². The van der Waals surface area contributed by atoms with Crippen molar-refractivity contribution < 1.29 is 8.78 Å². The molecule has 0 atom stereocenters. The Morgan fingerprint density at radius 2 is 1.92 bits per heavy atom. The zero-order valence-electron chi connectivity index (χ0n) is 8.32. The van der Waals surface area contributed by atoms with Crippen molar-refractivity contribution in [3.05, 3.63) is 0 Å². The van der Waals surface area contributed by atoms with E-state index in [-0.39, 0.29) is 18.4 Å².